The summed E-state index contributed by atoms with van der Waals surface area (Å²) in [4.78, 5) is 27.8. The third-order valence-electron chi connectivity index (χ3n) is 3.32. The van der Waals surface area contributed by atoms with Crippen LogP contribution >= 0.6 is 23.2 Å². The molecule has 0 spiro atoms. The van der Waals surface area contributed by atoms with E-state index in [0.717, 1.165) is 5.56 Å². The van der Waals surface area contributed by atoms with Gasteiger partial charge in [-0.05, 0) is 32.0 Å². The number of hydrogen-bond acceptors (Lipinski definition) is 5. The van der Waals surface area contributed by atoms with E-state index < -0.39 is 18.0 Å². The van der Waals surface area contributed by atoms with Crippen molar-refractivity contribution in [2.75, 3.05) is 11.9 Å². The topological polar surface area (TPSA) is 77.5 Å². The predicted molar refractivity (Wildman–Crippen MR) is 99.7 cm³/mol. The molecule has 1 aromatic heterocycles. The molecular weight excluding hydrogens is 379 g/mol. The van der Waals surface area contributed by atoms with E-state index in [2.05, 4.69) is 10.3 Å². The highest BCUT2D eigenvalue weighted by molar-refractivity contribution is 6.36. The number of carbonyl (C=O) groups is 2. The van der Waals surface area contributed by atoms with Crippen molar-refractivity contribution in [2.24, 2.45) is 0 Å². The number of esters is 1. The Morgan fingerprint density at radius 2 is 1.92 bits per heavy atom. The molecule has 1 amide bonds. The van der Waals surface area contributed by atoms with Gasteiger partial charge in [0.05, 0.1) is 23.1 Å². The van der Waals surface area contributed by atoms with Crippen molar-refractivity contribution in [3.63, 3.8) is 0 Å². The molecule has 0 aliphatic rings. The molecule has 0 radical (unpaired) electrons. The second-order valence-electron chi connectivity index (χ2n) is 5.52. The molecule has 2 aromatic rings. The summed E-state index contributed by atoms with van der Waals surface area (Å²) in [6.45, 7) is 3.58. The van der Waals surface area contributed by atoms with Crippen molar-refractivity contribution in [3.05, 3.63) is 52.1 Å². The first-order valence-corrected chi connectivity index (χ1v) is 8.61. The summed E-state index contributed by atoms with van der Waals surface area (Å²) in [5.74, 6) is -0.284. The van der Waals surface area contributed by atoms with Gasteiger partial charge in [0.15, 0.2) is 11.9 Å². The number of carbonyl (C=O) groups excluding carboxylic acids is 2. The Kier molecular flexibility index (Phi) is 7.24. The van der Waals surface area contributed by atoms with Gasteiger partial charge in [-0.2, -0.15) is 0 Å². The summed E-state index contributed by atoms with van der Waals surface area (Å²) >= 11 is 11.7. The molecule has 1 heterocycles. The van der Waals surface area contributed by atoms with Crippen LogP contribution in [0.5, 0.6) is 5.75 Å². The molecule has 0 unspecified atom stereocenters. The SMILES string of the molecule is Cc1ccc(OCCC(=O)O[C@@H](C)C(=O)Nc2ncc(Cl)cc2Cl)cc1. The molecule has 26 heavy (non-hydrogen) atoms. The standard InChI is InChI=1S/C18H18Cl2N2O4/c1-11-3-5-14(6-4-11)25-8-7-16(23)26-12(2)18(24)22-17-15(20)9-13(19)10-21-17/h3-6,9-10,12H,7-8H2,1-2H3,(H,21,22,24)/t12-/m0/s1. The number of anilines is 1. The fourth-order valence-electron chi connectivity index (χ4n) is 1.92. The maximum atomic E-state index is 12.1. The van der Waals surface area contributed by atoms with Crippen molar-refractivity contribution in [2.45, 2.75) is 26.4 Å². The third-order valence-corrected chi connectivity index (χ3v) is 3.82. The smallest absolute Gasteiger partial charge is 0.310 e. The Balaban J connectivity index is 1.76. The fraction of sp³-hybridized carbons (Fsp3) is 0.278. The number of amides is 1. The van der Waals surface area contributed by atoms with E-state index in [1.807, 2.05) is 31.2 Å². The summed E-state index contributed by atoms with van der Waals surface area (Å²) in [6.07, 6.45) is 0.364. The molecule has 1 N–H and O–H groups in total. The summed E-state index contributed by atoms with van der Waals surface area (Å²) < 4.78 is 10.5. The summed E-state index contributed by atoms with van der Waals surface area (Å²) in [6, 6.07) is 8.91. The fourth-order valence-corrected chi connectivity index (χ4v) is 2.35. The zero-order chi connectivity index (χ0) is 19.1. The average molecular weight is 397 g/mol. The van der Waals surface area contributed by atoms with E-state index in [9.17, 15) is 9.59 Å². The quantitative estimate of drug-likeness (QED) is 0.714. The molecule has 1 aromatic carbocycles. The highest BCUT2D eigenvalue weighted by Crippen LogP contribution is 2.22. The first kappa shape index (κ1) is 20.0. The van der Waals surface area contributed by atoms with E-state index in [1.165, 1.54) is 19.2 Å². The van der Waals surface area contributed by atoms with Crippen molar-refractivity contribution >= 4 is 40.9 Å². The first-order chi connectivity index (χ1) is 12.3. The second kappa shape index (κ2) is 9.40. The highest BCUT2D eigenvalue weighted by Gasteiger charge is 2.19. The first-order valence-electron chi connectivity index (χ1n) is 7.86. The van der Waals surface area contributed by atoms with Gasteiger partial charge < -0.3 is 14.8 Å². The van der Waals surface area contributed by atoms with E-state index in [-0.39, 0.29) is 23.9 Å². The molecule has 8 heteroatoms. The van der Waals surface area contributed by atoms with Gasteiger partial charge in [-0.1, -0.05) is 40.9 Å². The lowest BCUT2D eigenvalue weighted by Gasteiger charge is -2.14. The van der Waals surface area contributed by atoms with Crippen molar-refractivity contribution in [3.8, 4) is 5.75 Å². The monoisotopic (exact) mass is 396 g/mol. The maximum Gasteiger partial charge on any atom is 0.310 e. The van der Waals surface area contributed by atoms with Gasteiger partial charge in [0.25, 0.3) is 5.91 Å². The molecule has 0 aliphatic carbocycles. The minimum Gasteiger partial charge on any atom is -0.493 e. The highest BCUT2D eigenvalue weighted by atomic mass is 35.5. The Morgan fingerprint density at radius 3 is 2.58 bits per heavy atom. The second-order valence-corrected chi connectivity index (χ2v) is 6.36. The van der Waals surface area contributed by atoms with Gasteiger partial charge >= 0.3 is 5.97 Å². The number of rotatable bonds is 7. The molecule has 0 bridgehead atoms. The van der Waals surface area contributed by atoms with Gasteiger partial charge in [0.2, 0.25) is 0 Å². The van der Waals surface area contributed by atoms with E-state index in [1.54, 1.807) is 0 Å². The Hall–Kier alpha value is -2.31. The number of aromatic nitrogens is 1. The van der Waals surface area contributed by atoms with Crippen LogP contribution < -0.4 is 10.1 Å². The predicted octanol–water partition coefficient (Wildman–Crippen LogP) is 4.04. The normalized spacial score (nSPS) is 11.5. The lowest BCUT2D eigenvalue weighted by atomic mass is 10.2. The zero-order valence-corrected chi connectivity index (χ0v) is 15.8. The van der Waals surface area contributed by atoms with Crippen molar-refractivity contribution in [1.29, 1.82) is 0 Å². The number of nitrogens with one attached hydrogen (secondary N) is 1. The van der Waals surface area contributed by atoms with Crippen LogP contribution in [0.15, 0.2) is 36.5 Å². The number of nitrogens with zero attached hydrogens (tertiary/aromatic N) is 1. The maximum absolute atomic E-state index is 12.1. The number of pyridine rings is 1. The molecule has 0 saturated carbocycles. The van der Waals surface area contributed by atoms with Crippen molar-refractivity contribution in [1.82, 2.24) is 4.98 Å². The number of benzene rings is 1. The minimum absolute atomic E-state index is 0.0193. The molecule has 0 aliphatic heterocycles. The van der Waals surface area contributed by atoms with Gasteiger partial charge in [-0.3, -0.25) is 9.59 Å². The molecule has 0 saturated heterocycles. The number of ether oxygens (including phenoxy) is 2. The number of aryl methyl sites for hydroxylation is 1. The molecule has 138 valence electrons. The van der Waals surface area contributed by atoms with Gasteiger partial charge in [0, 0.05) is 6.20 Å². The number of halogens is 2. The van der Waals surface area contributed by atoms with E-state index in [0.29, 0.717) is 10.8 Å². The van der Waals surface area contributed by atoms with Crippen LogP contribution in [0, 0.1) is 6.92 Å². The molecule has 6 nitrogen and oxygen atoms in total. The van der Waals surface area contributed by atoms with Crippen LogP contribution in [-0.4, -0.2) is 29.6 Å². The van der Waals surface area contributed by atoms with Crippen LogP contribution in [0.2, 0.25) is 10.0 Å². The van der Waals surface area contributed by atoms with Crippen LogP contribution in [0.4, 0.5) is 5.82 Å². The third kappa shape index (κ3) is 6.20. The van der Waals surface area contributed by atoms with Crippen LogP contribution in [0.25, 0.3) is 0 Å². The lowest BCUT2D eigenvalue weighted by Crippen LogP contribution is -2.30. The molecule has 2 rings (SSSR count). The summed E-state index contributed by atoms with van der Waals surface area (Å²) in [5, 5.41) is 3.02. The largest absolute Gasteiger partial charge is 0.493 e. The van der Waals surface area contributed by atoms with Crippen molar-refractivity contribution < 1.29 is 19.1 Å². The van der Waals surface area contributed by atoms with Crippen LogP contribution in [-0.2, 0) is 14.3 Å². The van der Waals surface area contributed by atoms with Crippen LogP contribution in [0.1, 0.15) is 18.9 Å². The summed E-state index contributed by atoms with van der Waals surface area (Å²) in [5.41, 5.74) is 1.12. The van der Waals surface area contributed by atoms with Crippen LogP contribution in [0.3, 0.4) is 0 Å². The Labute approximate surface area is 161 Å². The van der Waals surface area contributed by atoms with E-state index >= 15 is 0 Å². The van der Waals surface area contributed by atoms with E-state index in [4.69, 9.17) is 32.7 Å². The average Bonchev–Trinajstić information content (AvgIpc) is 2.59. The van der Waals surface area contributed by atoms with Gasteiger partial charge in [-0.15, -0.1) is 0 Å². The molecular formula is C18H18Cl2N2O4. The molecule has 1 atom stereocenters. The Bertz CT molecular complexity index is 781. The minimum atomic E-state index is -1.00. The van der Waals surface area contributed by atoms with Gasteiger partial charge in [0.1, 0.15) is 5.75 Å². The Morgan fingerprint density at radius 1 is 1.23 bits per heavy atom. The zero-order valence-electron chi connectivity index (χ0n) is 14.3. The van der Waals surface area contributed by atoms with Gasteiger partial charge in [-0.25, -0.2) is 4.98 Å². The number of hydrogen-bond donors (Lipinski definition) is 1. The molecule has 0 fully saturated rings. The summed E-state index contributed by atoms with van der Waals surface area (Å²) in [7, 11) is 0. The lowest BCUT2D eigenvalue weighted by molar-refractivity contribution is -0.153.